The van der Waals surface area contributed by atoms with Gasteiger partial charge < -0.3 is 29.0 Å². The van der Waals surface area contributed by atoms with E-state index in [0.717, 1.165) is 0 Å². The first-order valence-corrected chi connectivity index (χ1v) is 13.9. The van der Waals surface area contributed by atoms with Gasteiger partial charge in [-0.2, -0.15) is 5.10 Å². The molecule has 45 heavy (non-hydrogen) atoms. The van der Waals surface area contributed by atoms with Gasteiger partial charge >= 0.3 is 5.97 Å². The van der Waals surface area contributed by atoms with Gasteiger partial charge in [0.05, 0.1) is 51.0 Å². The van der Waals surface area contributed by atoms with Gasteiger partial charge in [-0.25, -0.2) is 10.2 Å². The van der Waals surface area contributed by atoms with Crippen LogP contribution in [-0.4, -0.2) is 51.9 Å². The van der Waals surface area contributed by atoms with Gasteiger partial charge in [-0.3, -0.25) is 9.59 Å². The summed E-state index contributed by atoms with van der Waals surface area (Å²) in [7, 11) is 4.36. The molecule has 12 heteroatoms. The second-order valence-corrected chi connectivity index (χ2v) is 9.58. The average Bonchev–Trinajstić information content (AvgIpc) is 3.05. The maximum absolute atomic E-state index is 13.1. The van der Waals surface area contributed by atoms with Crippen molar-refractivity contribution in [3.8, 4) is 28.7 Å². The van der Waals surface area contributed by atoms with Crippen molar-refractivity contribution in [2.45, 2.75) is 6.92 Å². The van der Waals surface area contributed by atoms with Crippen LogP contribution < -0.4 is 34.4 Å². The van der Waals surface area contributed by atoms with Crippen LogP contribution in [0.2, 0.25) is 5.02 Å². The molecule has 0 atom stereocenters. The van der Waals surface area contributed by atoms with E-state index in [-0.39, 0.29) is 22.6 Å². The zero-order valence-electron chi connectivity index (χ0n) is 24.9. The molecule has 4 rings (SSSR count). The number of nitrogens with zero attached hydrogens (tertiary/aromatic N) is 1. The smallest absolute Gasteiger partial charge is 0.343 e. The van der Waals surface area contributed by atoms with Crippen LogP contribution in [0, 0.1) is 0 Å². The molecular weight excluding hydrogens is 602 g/mol. The Kier molecular flexibility index (Phi) is 11.0. The summed E-state index contributed by atoms with van der Waals surface area (Å²) in [5, 5.41) is 7.30. The fourth-order valence-corrected chi connectivity index (χ4v) is 4.25. The van der Waals surface area contributed by atoms with Crippen LogP contribution in [0.15, 0.2) is 84.0 Å². The molecule has 0 bridgehead atoms. The second kappa shape index (κ2) is 15.3. The van der Waals surface area contributed by atoms with Crippen molar-refractivity contribution in [1.82, 2.24) is 5.43 Å². The van der Waals surface area contributed by atoms with Gasteiger partial charge in [0.15, 0.2) is 23.0 Å². The number of hydrogen-bond donors (Lipinski definition) is 2. The number of methoxy groups -OCH3 is 3. The van der Waals surface area contributed by atoms with E-state index in [1.807, 2.05) is 0 Å². The molecule has 0 fully saturated rings. The Balaban J connectivity index is 1.46. The number of rotatable bonds is 12. The minimum atomic E-state index is -0.572. The van der Waals surface area contributed by atoms with Crippen molar-refractivity contribution in [1.29, 1.82) is 0 Å². The third-order valence-corrected chi connectivity index (χ3v) is 6.53. The van der Waals surface area contributed by atoms with Crippen molar-refractivity contribution >= 4 is 41.3 Å². The van der Waals surface area contributed by atoms with Crippen LogP contribution in [0.1, 0.15) is 43.6 Å². The van der Waals surface area contributed by atoms with E-state index < -0.39 is 17.8 Å². The van der Waals surface area contributed by atoms with E-state index >= 15 is 0 Å². The van der Waals surface area contributed by atoms with Crippen LogP contribution in [-0.2, 0) is 0 Å². The quantitative estimate of drug-likeness (QED) is 0.0842. The monoisotopic (exact) mass is 631 g/mol. The van der Waals surface area contributed by atoms with E-state index in [2.05, 4.69) is 15.8 Å². The molecule has 0 unspecified atom stereocenters. The van der Waals surface area contributed by atoms with Gasteiger partial charge in [0, 0.05) is 10.6 Å². The first kappa shape index (κ1) is 32.4. The number of esters is 1. The summed E-state index contributed by atoms with van der Waals surface area (Å²) in [4.78, 5) is 38.7. The normalized spacial score (nSPS) is 10.6. The number of nitrogens with one attached hydrogen (secondary N) is 2. The summed E-state index contributed by atoms with van der Waals surface area (Å²) >= 11 is 5.90. The molecule has 0 aliphatic carbocycles. The zero-order chi connectivity index (χ0) is 32.3. The number of benzene rings is 4. The summed E-state index contributed by atoms with van der Waals surface area (Å²) < 4.78 is 27.1. The minimum Gasteiger partial charge on any atom is -0.493 e. The van der Waals surface area contributed by atoms with Crippen molar-refractivity contribution in [3.05, 3.63) is 106 Å². The topological polar surface area (TPSA) is 134 Å². The standard InChI is InChI=1S/C33H30ClN3O8/c1-5-44-27-16-20(10-15-26(27)45-33(40)21-11-13-23(34)14-12-21)19-35-37-32(39)24-8-6-7-9-25(24)36-31(38)22-17-28(41-2)30(43-4)29(18-22)42-3/h6-19H,5H2,1-4H3,(H,36,38)(H,37,39)/b35-19-. The lowest BCUT2D eigenvalue weighted by Gasteiger charge is -2.15. The summed E-state index contributed by atoms with van der Waals surface area (Å²) in [6, 6.07) is 20.6. The van der Waals surface area contributed by atoms with Gasteiger partial charge in [0.25, 0.3) is 11.8 Å². The maximum Gasteiger partial charge on any atom is 0.343 e. The number of para-hydroxylation sites is 1. The Hall–Kier alpha value is -5.55. The van der Waals surface area contributed by atoms with Gasteiger partial charge in [0.1, 0.15) is 0 Å². The van der Waals surface area contributed by atoms with Crippen LogP contribution in [0.5, 0.6) is 28.7 Å². The number of anilines is 1. The fraction of sp³-hybridized carbons (Fsp3) is 0.152. The Labute approximate surface area is 264 Å². The van der Waals surface area contributed by atoms with E-state index in [1.54, 1.807) is 73.7 Å². The molecule has 0 spiro atoms. The number of hydrogen-bond acceptors (Lipinski definition) is 9. The lowest BCUT2D eigenvalue weighted by molar-refractivity contribution is 0.0728. The largest absolute Gasteiger partial charge is 0.493 e. The number of halogens is 1. The van der Waals surface area contributed by atoms with Gasteiger partial charge in [-0.1, -0.05) is 23.7 Å². The van der Waals surface area contributed by atoms with Gasteiger partial charge in [-0.15, -0.1) is 0 Å². The number of hydrazone groups is 1. The lowest BCUT2D eigenvalue weighted by atomic mass is 10.1. The van der Waals surface area contributed by atoms with Crippen LogP contribution >= 0.6 is 11.6 Å². The SMILES string of the molecule is CCOc1cc(/C=N\NC(=O)c2ccccc2NC(=O)c2cc(OC)c(OC)c(OC)c2)ccc1OC(=O)c1ccc(Cl)cc1. The molecule has 4 aromatic carbocycles. The number of ether oxygens (including phenoxy) is 5. The van der Waals surface area contributed by atoms with Crippen molar-refractivity contribution in [2.75, 3.05) is 33.3 Å². The Morgan fingerprint density at radius 1 is 0.778 bits per heavy atom. The molecule has 232 valence electrons. The molecule has 11 nitrogen and oxygen atoms in total. The Bertz CT molecular complexity index is 1700. The Morgan fingerprint density at radius 3 is 2.11 bits per heavy atom. The first-order valence-electron chi connectivity index (χ1n) is 13.6. The predicted molar refractivity (Wildman–Crippen MR) is 170 cm³/mol. The molecule has 4 aromatic rings. The lowest BCUT2D eigenvalue weighted by Crippen LogP contribution is -2.21. The molecule has 2 N–H and O–H groups in total. The molecule has 0 radical (unpaired) electrons. The number of carbonyl (C=O) groups excluding carboxylic acids is 3. The van der Waals surface area contributed by atoms with E-state index in [4.69, 9.17) is 35.3 Å². The number of amides is 2. The highest BCUT2D eigenvalue weighted by atomic mass is 35.5. The van der Waals surface area contributed by atoms with E-state index in [0.29, 0.717) is 45.8 Å². The highest BCUT2D eigenvalue weighted by Crippen LogP contribution is 2.38. The predicted octanol–water partition coefficient (Wildman–Crippen LogP) is 6.00. The van der Waals surface area contributed by atoms with Crippen molar-refractivity contribution < 1.29 is 38.1 Å². The van der Waals surface area contributed by atoms with Crippen LogP contribution in [0.4, 0.5) is 5.69 Å². The first-order chi connectivity index (χ1) is 21.8. The molecular formula is C33H30ClN3O8. The van der Waals surface area contributed by atoms with E-state index in [9.17, 15) is 14.4 Å². The molecule has 0 heterocycles. The third kappa shape index (κ3) is 8.09. The van der Waals surface area contributed by atoms with Gasteiger partial charge in [-0.05, 0) is 79.2 Å². The second-order valence-electron chi connectivity index (χ2n) is 9.15. The van der Waals surface area contributed by atoms with Crippen molar-refractivity contribution in [2.24, 2.45) is 5.10 Å². The summed E-state index contributed by atoms with van der Waals surface area (Å²) in [6.07, 6.45) is 1.41. The zero-order valence-corrected chi connectivity index (χ0v) is 25.6. The van der Waals surface area contributed by atoms with E-state index in [1.165, 1.54) is 39.7 Å². The Morgan fingerprint density at radius 2 is 1.47 bits per heavy atom. The highest BCUT2D eigenvalue weighted by Gasteiger charge is 2.19. The molecule has 0 saturated heterocycles. The summed E-state index contributed by atoms with van der Waals surface area (Å²) in [5.41, 5.74) is 4.02. The van der Waals surface area contributed by atoms with Gasteiger partial charge in [0.2, 0.25) is 5.75 Å². The molecule has 0 aliphatic rings. The molecule has 0 saturated carbocycles. The average molecular weight is 632 g/mol. The van der Waals surface area contributed by atoms with Crippen LogP contribution in [0.25, 0.3) is 0 Å². The molecule has 2 amide bonds. The maximum atomic E-state index is 13.1. The molecule has 0 aliphatic heterocycles. The minimum absolute atomic E-state index is 0.176. The van der Waals surface area contributed by atoms with Crippen molar-refractivity contribution in [3.63, 3.8) is 0 Å². The fourth-order valence-electron chi connectivity index (χ4n) is 4.12. The van der Waals surface area contributed by atoms with Crippen LogP contribution in [0.3, 0.4) is 0 Å². The summed E-state index contributed by atoms with van der Waals surface area (Å²) in [5.74, 6) is -0.146. The third-order valence-electron chi connectivity index (χ3n) is 6.28. The summed E-state index contributed by atoms with van der Waals surface area (Å²) in [6.45, 7) is 2.12. The molecule has 0 aromatic heterocycles. The number of carbonyl (C=O) groups is 3. The highest BCUT2D eigenvalue weighted by molar-refractivity contribution is 6.30.